The van der Waals surface area contributed by atoms with Crippen molar-refractivity contribution in [3.8, 4) is 45.0 Å². The zero-order chi connectivity index (χ0) is 35.6. The van der Waals surface area contributed by atoms with Crippen LogP contribution in [0.15, 0.2) is 194 Å². The zero-order valence-electron chi connectivity index (χ0n) is 29.3. The Balaban J connectivity index is 1.17. The van der Waals surface area contributed by atoms with Crippen molar-refractivity contribution in [1.29, 1.82) is 0 Å². The molecule has 252 valence electrons. The van der Waals surface area contributed by atoms with E-state index in [9.17, 15) is 0 Å². The first-order chi connectivity index (χ1) is 26.8. The molecule has 0 atom stereocenters. The number of hydrogen-bond donors (Lipinski definition) is 0. The highest BCUT2D eigenvalue weighted by Crippen LogP contribution is 2.43. The highest BCUT2D eigenvalue weighted by atomic mass is 15.1. The summed E-state index contributed by atoms with van der Waals surface area (Å²) in [5.74, 6) is 0.812. The third kappa shape index (κ3) is 4.70. The van der Waals surface area contributed by atoms with Gasteiger partial charge < -0.3 is 4.57 Å². The first-order valence-electron chi connectivity index (χ1n) is 18.3. The minimum Gasteiger partial charge on any atom is -0.309 e. The number of aromatic nitrogens is 4. The molecule has 0 aliphatic carbocycles. The highest BCUT2D eigenvalue weighted by Gasteiger charge is 2.23. The lowest BCUT2D eigenvalue weighted by Gasteiger charge is -2.14. The van der Waals surface area contributed by atoms with E-state index >= 15 is 0 Å². The van der Waals surface area contributed by atoms with Gasteiger partial charge in [0.05, 0.1) is 33.1 Å². The van der Waals surface area contributed by atoms with E-state index in [1.165, 1.54) is 54.8 Å². The summed E-state index contributed by atoms with van der Waals surface area (Å²) in [6.07, 6.45) is 0. The molecule has 11 aromatic rings. The topological polar surface area (TPSA) is 35.6 Å². The summed E-state index contributed by atoms with van der Waals surface area (Å²) in [6, 6.07) is 68.9. The second kappa shape index (κ2) is 12.1. The second-order valence-corrected chi connectivity index (χ2v) is 13.8. The summed E-state index contributed by atoms with van der Waals surface area (Å²) in [5, 5.41) is 4.84. The fourth-order valence-corrected chi connectivity index (χ4v) is 8.25. The molecular formula is C50H32N4. The molecule has 3 aromatic heterocycles. The van der Waals surface area contributed by atoms with Gasteiger partial charge in [-0.25, -0.2) is 9.97 Å². The van der Waals surface area contributed by atoms with E-state index in [0.717, 1.165) is 44.8 Å². The van der Waals surface area contributed by atoms with Crippen LogP contribution in [0.3, 0.4) is 0 Å². The van der Waals surface area contributed by atoms with Gasteiger partial charge in [0.1, 0.15) is 5.69 Å². The van der Waals surface area contributed by atoms with Crippen molar-refractivity contribution in [1.82, 2.24) is 19.1 Å². The second-order valence-electron chi connectivity index (χ2n) is 13.8. The molecule has 0 aliphatic heterocycles. The molecule has 3 heterocycles. The van der Waals surface area contributed by atoms with Crippen molar-refractivity contribution in [3.63, 3.8) is 0 Å². The van der Waals surface area contributed by atoms with Crippen LogP contribution in [-0.4, -0.2) is 19.1 Å². The van der Waals surface area contributed by atoms with E-state index in [1.807, 2.05) is 18.2 Å². The Kier molecular flexibility index (Phi) is 6.82. The van der Waals surface area contributed by atoms with Crippen LogP contribution >= 0.6 is 0 Å². The van der Waals surface area contributed by atoms with E-state index in [0.29, 0.717) is 0 Å². The van der Waals surface area contributed by atoms with E-state index < -0.39 is 0 Å². The van der Waals surface area contributed by atoms with Crippen molar-refractivity contribution in [3.05, 3.63) is 194 Å². The molecule has 54 heavy (non-hydrogen) atoms. The van der Waals surface area contributed by atoms with Gasteiger partial charge in [-0.3, -0.25) is 4.57 Å². The Labute approximate surface area is 311 Å². The highest BCUT2D eigenvalue weighted by molar-refractivity contribution is 6.29. The van der Waals surface area contributed by atoms with Crippen molar-refractivity contribution < 1.29 is 0 Å². The van der Waals surface area contributed by atoms with Crippen molar-refractivity contribution in [2.75, 3.05) is 0 Å². The van der Waals surface area contributed by atoms with Gasteiger partial charge in [-0.2, -0.15) is 0 Å². The van der Waals surface area contributed by atoms with E-state index in [4.69, 9.17) is 9.97 Å². The zero-order valence-corrected chi connectivity index (χ0v) is 29.3. The maximum absolute atomic E-state index is 5.40. The van der Waals surface area contributed by atoms with Gasteiger partial charge in [0.2, 0.25) is 0 Å². The number of hydrogen-bond acceptors (Lipinski definition) is 2. The lowest BCUT2D eigenvalue weighted by molar-refractivity contribution is 1.08. The molecule has 0 saturated carbocycles. The molecule has 0 bridgehead atoms. The van der Waals surface area contributed by atoms with Gasteiger partial charge in [0.25, 0.3) is 0 Å². The molecule has 0 saturated heterocycles. The molecule has 0 radical (unpaired) electrons. The van der Waals surface area contributed by atoms with Gasteiger partial charge in [-0.1, -0.05) is 146 Å². The summed E-state index contributed by atoms with van der Waals surface area (Å²) in [7, 11) is 0. The average molecular weight is 689 g/mol. The van der Waals surface area contributed by atoms with Crippen molar-refractivity contribution >= 4 is 54.6 Å². The first-order valence-corrected chi connectivity index (χ1v) is 18.3. The molecule has 0 spiro atoms. The summed E-state index contributed by atoms with van der Waals surface area (Å²) < 4.78 is 4.73. The fourth-order valence-electron chi connectivity index (χ4n) is 8.25. The molecule has 0 fully saturated rings. The van der Waals surface area contributed by atoms with Crippen LogP contribution in [0, 0.1) is 0 Å². The summed E-state index contributed by atoms with van der Waals surface area (Å²) in [4.78, 5) is 10.7. The normalized spacial score (nSPS) is 11.7. The molecule has 8 aromatic carbocycles. The Morgan fingerprint density at radius 3 is 1.31 bits per heavy atom. The lowest BCUT2D eigenvalue weighted by Crippen LogP contribution is -2.03. The molecular weight excluding hydrogens is 657 g/mol. The molecule has 4 nitrogen and oxygen atoms in total. The molecule has 0 N–H and O–H groups in total. The number of rotatable bonds is 5. The third-order valence-electron chi connectivity index (χ3n) is 10.7. The number of fused-ring (bicyclic) bond motifs is 8. The third-order valence-corrected chi connectivity index (χ3v) is 10.7. The van der Waals surface area contributed by atoms with Gasteiger partial charge in [-0.05, 0) is 70.8 Å². The Hall–Kier alpha value is -7.30. The lowest BCUT2D eigenvalue weighted by atomic mass is 10.0. The predicted octanol–water partition coefficient (Wildman–Crippen LogP) is 12.8. The summed E-state index contributed by atoms with van der Waals surface area (Å²) in [5.41, 5.74) is 14.0. The monoisotopic (exact) mass is 688 g/mol. The van der Waals surface area contributed by atoms with E-state index in [2.05, 4.69) is 185 Å². The Morgan fingerprint density at radius 2 is 0.722 bits per heavy atom. The van der Waals surface area contributed by atoms with Gasteiger partial charge >= 0.3 is 0 Å². The smallest absolute Gasteiger partial charge is 0.165 e. The molecule has 4 heteroatoms. The SMILES string of the molecule is c1ccc(-c2ccc(-c3nc4ccccc4nc3-n3c4ccccc4c4c5c6ccccc6n(-c6ccc(-c7ccccc7)cc6)c5ccc43)cc2)cc1. The maximum atomic E-state index is 5.40. The van der Waals surface area contributed by atoms with Crippen LogP contribution < -0.4 is 0 Å². The fraction of sp³-hybridized carbons (Fsp3) is 0. The van der Waals surface area contributed by atoms with Crippen LogP contribution in [0.5, 0.6) is 0 Å². The van der Waals surface area contributed by atoms with Gasteiger partial charge in [-0.15, -0.1) is 0 Å². The quantitative estimate of drug-likeness (QED) is 0.180. The summed E-state index contributed by atoms with van der Waals surface area (Å²) in [6.45, 7) is 0. The van der Waals surface area contributed by atoms with E-state index in [1.54, 1.807) is 0 Å². The van der Waals surface area contributed by atoms with Gasteiger partial charge in [0, 0.05) is 32.8 Å². The molecule has 0 aliphatic rings. The molecule has 0 unspecified atom stereocenters. The number of nitrogens with zero attached hydrogens (tertiary/aromatic N) is 4. The van der Waals surface area contributed by atoms with E-state index in [-0.39, 0.29) is 0 Å². The number of para-hydroxylation sites is 4. The first kappa shape index (κ1) is 30.3. The largest absolute Gasteiger partial charge is 0.309 e. The van der Waals surface area contributed by atoms with Crippen LogP contribution in [-0.2, 0) is 0 Å². The Bertz CT molecular complexity index is 3170. The predicted molar refractivity (Wildman–Crippen MR) is 225 cm³/mol. The molecule has 0 amide bonds. The molecule has 11 rings (SSSR count). The summed E-state index contributed by atoms with van der Waals surface area (Å²) >= 11 is 0. The van der Waals surface area contributed by atoms with Crippen LogP contribution in [0.4, 0.5) is 0 Å². The van der Waals surface area contributed by atoms with Crippen LogP contribution in [0.2, 0.25) is 0 Å². The number of benzene rings is 8. The Morgan fingerprint density at radius 1 is 0.296 bits per heavy atom. The minimum atomic E-state index is 0.812. The van der Waals surface area contributed by atoms with Crippen LogP contribution in [0.25, 0.3) is 99.7 Å². The van der Waals surface area contributed by atoms with Crippen molar-refractivity contribution in [2.45, 2.75) is 0 Å². The minimum absolute atomic E-state index is 0.812. The van der Waals surface area contributed by atoms with Crippen LogP contribution in [0.1, 0.15) is 0 Å². The van der Waals surface area contributed by atoms with Crippen molar-refractivity contribution in [2.24, 2.45) is 0 Å². The maximum Gasteiger partial charge on any atom is 0.165 e. The van der Waals surface area contributed by atoms with Gasteiger partial charge in [0.15, 0.2) is 5.82 Å². The average Bonchev–Trinajstić information content (AvgIpc) is 3.77. The standard InChI is InChI=1S/C50H32N4/c1-3-13-33(14-4-1)35-23-25-37(26-24-35)49-50(52-42-20-10-9-19-41(42)51-49)54-44-22-12-8-18-40(44)48-46(54)32-31-45-47(48)39-17-7-11-21-43(39)53(45)38-29-27-36(28-30-38)34-15-5-2-6-16-34/h1-32H.